The molecule has 3 rings (SSSR count). The summed E-state index contributed by atoms with van der Waals surface area (Å²) in [6.45, 7) is 3.41. The molecular weight excluding hydrogens is 317 g/mol. The second-order valence-corrected chi connectivity index (χ2v) is 7.01. The van der Waals surface area contributed by atoms with Crippen molar-refractivity contribution in [2.75, 3.05) is 0 Å². The van der Waals surface area contributed by atoms with E-state index in [4.69, 9.17) is 4.74 Å². The molecule has 1 aliphatic carbocycles. The smallest absolute Gasteiger partial charge is 0.130 e. The fourth-order valence-corrected chi connectivity index (χ4v) is 3.45. The molecular formula is C21H24FNO2. The average molecular weight is 341 g/mol. The first kappa shape index (κ1) is 17.6. The fourth-order valence-electron chi connectivity index (χ4n) is 3.45. The molecule has 1 saturated carbocycles. The molecule has 1 aromatic heterocycles. The van der Waals surface area contributed by atoms with Crippen LogP contribution in [0.25, 0.3) is 11.3 Å². The van der Waals surface area contributed by atoms with Gasteiger partial charge in [-0.25, -0.2) is 4.39 Å². The molecule has 0 radical (unpaired) electrons. The Morgan fingerprint density at radius 3 is 2.64 bits per heavy atom. The van der Waals surface area contributed by atoms with Crippen molar-refractivity contribution in [1.29, 1.82) is 0 Å². The molecule has 0 aliphatic heterocycles. The van der Waals surface area contributed by atoms with E-state index in [2.05, 4.69) is 4.98 Å². The molecule has 1 aliphatic rings. The number of hydrogen-bond acceptors (Lipinski definition) is 3. The first-order chi connectivity index (χ1) is 12.0. The van der Waals surface area contributed by atoms with Crippen LogP contribution in [0.4, 0.5) is 4.39 Å². The summed E-state index contributed by atoms with van der Waals surface area (Å²) in [7, 11) is 0. The van der Waals surface area contributed by atoms with Crippen molar-refractivity contribution < 1.29 is 13.9 Å². The Kier molecular flexibility index (Phi) is 5.47. The summed E-state index contributed by atoms with van der Waals surface area (Å²) in [6.07, 6.45) is 6.56. The quantitative estimate of drug-likeness (QED) is 0.758. The van der Waals surface area contributed by atoms with Crippen molar-refractivity contribution in [2.24, 2.45) is 5.92 Å². The van der Waals surface area contributed by atoms with Crippen molar-refractivity contribution in [2.45, 2.75) is 52.1 Å². The summed E-state index contributed by atoms with van der Waals surface area (Å²) < 4.78 is 19.9. The van der Waals surface area contributed by atoms with Crippen LogP contribution in [0.5, 0.6) is 5.75 Å². The van der Waals surface area contributed by atoms with Crippen LogP contribution in [0.1, 0.15) is 44.6 Å². The van der Waals surface area contributed by atoms with E-state index < -0.39 is 0 Å². The van der Waals surface area contributed by atoms with Gasteiger partial charge in [0.1, 0.15) is 17.3 Å². The van der Waals surface area contributed by atoms with Crippen molar-refractivity contribution in [1.82, 2.24) is 4.98 Å². The summed E-state index contributed by atoms with van der Waals surface area (Å²) in [5.74, 6) is 1.31. The molecule has 1 heterocycles. The molecule has 3 nitrogen and oxygen atoms in total. The third-order valence-electron chi connectivity index (χ3n) is 4.87. The number of aromatic nitrogens is 1. The fraction of sp³-hybridized carbons (Fsp3) is 0.429. The molecule has 0 spiro atoms. The van der Waals surface area contributed by atoms with Gasteiger partial charge in [-0.1, -0.05) is 12.1 Å². The molecule has 25 heavy (non-hydrogen) atoms. The Bertz CT molecular complexity index is 751. The van der Waals surface area contributed by atoms with Gasteiger partial charge in [0.2, 0.25) is 0 Å². The van der Waals surface area contributed by atoms with Gasteiger partial charge in [-0.2, -0.15) is 0 Å². The van der Waals surface area contributed by atoms with Gasteiger partial charge in [0.15, 0.2) is 0 Å². The van der Waals surface area contributed by atoms with Crippen LogP contribution in [-0.4, -0.2) is 16.9 Å². The van der Waals surface area contributed by atoms with E-state index in [1.54, 1.807) is 26.1 Å². The summed E-state index contributed by atoms with van der Waals surface area (Å²) >= 11 is 0. The predicted molar refractivity (Wildman–Crippen MR) is 96.0 cm³/mol. The van der Waals surface area contributed by atoms with Gasteiger partial charge in [0.25, 0.3) is 0 Å². The molecule has 0 unspecified atom stereocenters. The number of rotatable bonds is 5. The number of pyridine rings is 1. The van der Waals surface area contributed by atoms with E-state index in [-0.39, 0.29) is 17.7 Å². The number of aryl methyl sites for hydroxylation is 1. The van der Waals surface area contributed by atoms with Crippen LogP contribution in [0, 0.1) is 18.7 Å². The van der Waals surface area contributed by atoms with Crippen molar-refractivity contribution in [3.05, 3.63) is 47.9 Å². The van der Waals surface area contributed by atoms with Crippen molar-refractivity contribution in [3.8, 4) is 17.0 Å². The predicted octanol–water partition coefficient (Wildman–Crippen LogP) is 5.11. The zero-order valence-corrected chi connectivity index (χ0v) is 14.8. The standard InChI is InChI=1S/C21H24FNO2/c1-14-3-6-17(12-20(14)22)21-13-19(9-10-23-21)25-18-7-4-16(5-8-18)11-15(2)24/h3,6,9-10,12-13,16,18H,4-5,7-8,11H2,1-2H3. The van der Waals surface area contributed by atoms with Crippen LogP contribution >= 0.6 is 0 Å². The SMILES string of the molecule is CC(=O)CC1CCC(Oc2ccnc(-c3ccc(C)c(F)c3)c2)CC1. The molecule has 4 heteroatoms. The summed E-state index contributed by atoms with van der Waals surface area (Å²) in [4.78, 5) is 15.6. The number of hydrogen-bond donors (Lipinski definition) is 0. The second-order valence-electron chi connectivity index (χ2n) is 7.01. The maximum atomic E-state index is 13.8. The van der Waals surface area contributed by atoms with Gasteiger partial charge in [-0.3, -0.25) is 4.98 Å². The Balaban J connectivity index is 1.64. The lowest BCUT2D eigenvalue weighted by Gasteiger charge is -2.28. The number of halogens is 1. The van der Waals surface area contributed by atoms with E-state index in [1.807, 2.05) is 18.2 Å². The minimum absolute atomic E-state index is 0.174. The topological polar surface area (TPSA) is 39.2 Å². The van der Waals surface area contributed by atoms with Gasteiger partial charge in [0.05, 0.1) is 11.8 Å². The molecule has 132 valence electrons. The highest BCUT2D eigenvalue weighted by Crippen LogP contribution is 2.31. The highest BCUT2D eigenvalue weighted by molar-refractivity contribution is 5.75. The summed E-state index contributed by atoms with van der Waals surface area (Å²) in [5, 5.41) is 0. The number of Topliss-reactive ketones (excluding diaryl/α,β-unsaturated/α-hetero) is 1. The van der Waals surface area contributed by atoms with Crippen LogP contribution in [0.2, 0.25) is 0 Å². The van der Waals surface area contributed by atoms with Crippen LogP contribution in [0.15, 0.2) is 36.5 Å². The highest BCUT2D eigenvalue weighted by Gasteiger charge is 2.23. The van der Waals surface area contributed by atoms with Crippen molar-refractivity contribution >= 4 is 5.78 Å². The van der Waals surface area contributed by atoms with Gasteiger partial charge in [-0.05, 0) is 63.1 Å². The summed E-state index contributed by atoms with van der Waals surface area (Å²) in [5.41, 5.74) is 2.08. The lowest BCUT2D eigenvalue weighted by Crippen LogP contribution is -2.25. The number of ketones is 1. The lowest BCUT2D eigenvalue weighted by molar-refractivity contribution is -0.118. The largest absolute Gasteiger partial charge is 0.490 e. The molecule has 0 bridgehead atoms. The van der Waals surface area contributed by atoms with Gasteiger partial charge >= 0.3 is 0 Å². The number of carbonyl (C=O) groups excluding carboxylic acids is 1. The monoisotopic (exact) mass is 341 g/mol. The first-order valence-corrected chi connectivity index (χ1v) is 8.90. The molecule has 0 saturated heterocycles. The van der Waals surface area contributed by atoms with E-state index >= 15 is 0 Å². The molecule has 1 aromatic carbocycles. The van der Waals surface area contributed by atoms with E-state index in [9.17, 15) is 9.18 Å². The molecule has 2 aromatic rings. The third kappa shape index (κ3) is 4.65. The van der Waals surface area contributed by atoms with Crippen LogP contribution in [0.3, 0.4) is 0 Å². The number of nitrogens with zero attached hydrogens (tertiary/aromatic N) is 1. The Morgan fingerprint density at radius 1 is 1.20 bits per heavy atom. The highest BCUT2D eigenvalue weighted by atomic mass is 19.1. The van der Waals surface area contributed by atoms with Gasteiger partial charge in [-0.15, -0.1) is 0 Å². The van der Waals surface area contributed by atoms with Crippen LogP contribution < -0.4 is 4.74 Å². The molecule has 0 N–H and O–H groups in total. The lowest BCUT2D eigenvalue weighted by atomic mass is 9.84. The normalized spacial score (nSPS) is 20.3. The second kappa shape index (κ2) is 7.77. The molecule has 0 amide bonds. The maximum Gasteiger partial charge on any atom is 0.130 e. The minimum atomic E-state index is -0.227. The van der Waals surface area contributed by atoms with Crippen molar-refractivity contribution in [3.63, 3.8) is 0 Å². The number of ether oxygens (including phenoxy) is 1. The number of benzene rings is 1. The summed E-state index contributed by atoms with van der Waals surface area (Å²) in [6, 6.07) is 8.85. The third-order valence-corrected chi connectivity index (χ3v) is 4.87. The van der Waals surface area contributed by atoms with E-state index in [1.165, 1.54) is 6.07 Å². The van der Waals surface area contributed by atoms with Gasteiger partial charge in [0, 0.05) is 24.2 Å². The first-order valence-electron chi connectivity index (χ1n) is 8.90. The molecule has 1 fully saturated rings. The zero-order valence-electron chi connectivity index (χ0n) is 14.8. The zero-order chi connectivity index (χ0) is 17.8. The minimum Gasteiger partial charge on any atom is -0.490 e. The van der Waals surface area contributed by atoms with Crippen LogP contribution in [-0.2, 0) is 4.79 Å². The van der Waals surface area contributed by atoms with Gasteiger partial charge < -0.3 is 9.53 Å². The number of carbonyl (C=O) groups is 1. The molecule has 0 atom stereocenters. The average Bonchev–Trinajstić information content (AvgIpc) is 2.59. The Hall–Kier alpha value is -2.23. The Labute approximate surface area is 148 Å². The Morgan fingerprint density at radius 2 is 1.96 bits per heavy atom. The van der Waals surface area contributed by atoms with E-state index in [0.29, 0.717) is 23.6 Å². The maximum absolute atomic E-state index is 13.8. The van der Waals surface area contributed by atoms with E-state index in [0.717, 1.165) is 37.0 Å².